The van der Waals surface area contributed by atoms with E-state index in [1.165, 1.54) is 16.7 Å². The van der Waals surface area contributed by atoms with Gasteiger partial charge < -0.3 is 20.5 Å². The Hall–Kier alpha value is -1.67. The van der Waals surface area contributed by atoms with Crippen molar-refractivity contribution in [1.29, 1.82) is 0 Å². The van der Waals surface area contributed by atoms with E-state index in [2.05, 4.69) is 15.6 Å². The highest BCUT2D eigenvalue weighted by atomic mass is 32.1. The first-order chi connectivity index (χ1) is 9.98. The summed E-state index contributed by atoms with van der Waals surface area (Å²) >= 11 is 1.28. The van der Waals surface area contributed by atoms with Gasteiger partial charge in [-0.25, -0.2) is 14.6 Å². The van der Waals surface area contributed by atoms with E-state index < -0.39 is 5.97 Å². The lowest BCUT2D eigenvalue weighted by atomic mass is 9.93. The van der Waals surface area contributed by atoms with E-state index in [1.54, 1.807) is 0 Å². The zero-order chi connectivity index (χ0) is 15.3. The minimum Gasteiger partial charge on any atom is -0.476 e. The number of aromatic nitrogens is 1. The van der Waals surface area contributed by atoms with Crippen molar-refractivity contribution in [1.82, 2.24) is 15.6 Å². The number of carbonyl (C=O) groups is 2. The Kier molecular flexibility index (Phi) is 5.13. The van der Waals surface area contributed by atoms with Crippen LogP contribution in [0.1, 0.15) is 35.3 Å². The van der Waals surface area contributed by atoms with Crippen molar-refractivity contribution in [2.75, 3.05) is 19.8 Å². The molecule has 2 heterocycles. The number of carboxylic acids is 1. The number of nitrogens with zero attached hydrogens (tertiary/aromatic N) is 1. The molecule has 0 atom stereocenters. The minimum atomic E-state index is -1.03. The number of aromatic carboxylic acids is 1. The van der Waals surface area contributed by atoms with E-state index in [0.717, 1.165) is 12.8 Å². The molecule has 0 radical (unpaired) electrons. The van der Waals surface area contributed by atoms with Crippen LogP contribution in [-0.2, 0) is 11.2 Å². The number of carbonyl (C=O) groups excluding carboxylic acids is 1. The number of hydrogen-bond donors (Lipinski definition) is 3. The molecular formula is C13H19N3O4S. The second kappa shape index (κ2) is 6.86. The maximum atomic E-state index is 11.8. The third-order valence-electron chi connectivity index (χ3n) is 3.41. The Morgan fingerprint density at radius 1 is 1.48 bits per heavy atom. The monoisotopic (exact) mass is 313 g/mol. The molecule has 1 aliphatic heterocycles. The molecule has 0 saturated carbocycles. The molecular weight excluding hydrogens is 294 g/mol. The smallest absolute Gasteiger partial charge is 0.355 e. The zero-order valence-corrected chi connectivity index (χ0v) is 12.7. The normalized spacial score (nSPS) is 17.2. The molecule has 1 aromatic heterocycles. The van der Waals surface area contributed by atoms with E-state index >= 15 is 0 Å². The highest BCUT2D eigenvalue weighted by Gasteiger charge is 2.28. The van der Waals surface area contributed by atoms with Crippen LogP contribution in [0, 0.1) is 0 Å². The molecule has 3 N–H and O–H groups in total. The first-order valence-electron chi connectivity index (χ1n) is 6.80. The van der Waals surface area contributed by atoms with Gasteiger partial charge in [0.15, 0.2) is 5.69 Å². The van der Waals surface area contributed by atoms with E-state index in [0.29, 0.717) is 31.2 Å². The molecule has 0 bridgehead atoms. The van der Waals surface area contributed by atoms with Crippen molar-refractivity contribution in [3.05, 3.63) is 16.1 Å². The van der Waals surface area contributed by atoms with Gasteiger partial charge in [-0.3, -0.25) is 0 Å². The predicted octanol–water partition coefficient (Wildman–Crippen LogP) is 1.25. The van der Waals surface area contributed by atoms with Gasteiger partial charge in [0.1, 0.15) is 0 Å². The fourth-order valence-corrected chi connectivity index (χ4v) is 2.84. The summed E-state index contributed by atoms with van der Waals surface area (Å²) in [4.78, 5) is 26.5. The fourth-order valence-electron chi connectivity index (χ4n) is 2.07. The van der Waals surface area contributed by atoms with Gasteiger partial charge in [0.2, 0.25) is 0 Å². The molecule has 0 unspecified atom stereocenters. The molecule has 2 amide bonds. The first kappa shape index (κ1) is 15.7. The van der Waals surface area contributed by atoms with E-state index in [1.807, 2.05) is 6.92 Å². The van der Waals surface area contributed by atoms with Crippen molar-refractivity contribution in [2.24, 2.45) is 0 Å². The highest BCUT2D eigenvalue weighted by molar-refractivity contribution is 7.09. The third kappa shape index (κ3) is 4.68. The minimum absolute atomic E-state index is 0.0502. The van der Waals surface area contributed by atoms with Crippen LogP contribution >= 0.6 is 11.3 Å². The number of carboxylic acid groups (broad SMARTS) is 1. The summed E-state index contributed by atoms with van der Waals surface area (Å²) < 4.78 is 5.28. The molecule has 116 valence electrons. The highest BCUT2D eigenvalue weighted by Crippen LogP contribution is 2.19. The van der Waals surface area contributed by atoms with Gasteiger partial charge in [-0.2, -0.15) is 0 Å². The number of ether oxygens (including phenoxy) is 1. The van der Waals surface area contributed by atoms with Crippen LogP contribution in [0.2, 0.25) is 0 Å². The van der Waals surface area contributed by atoms with Crippen molar-refractivity contribution in [2.45, 2.75) is 31.7 Å². The first-order valence-corrected chi connectivity index (χ1v) is 7.68. The third-order valence-corrected chi connectivity index (χ3v) is 4.32. The van der Waals surface area contributed by atoms with Crippen LogP contribution in [-0.4, -0.2) is 47.4 Å². The Morgan fingerprint density at radius 2 is 2.19 bits per heavy atom. The zero-order valence-electron chi connectivity index (χ0n) is 11.8. The summed E-state index contributed by atoms with van der Waals surface area (Å²) in [6, 6.07) is -0.214. The summed E-state index contributed by atoms with van der Waals surface area (Å²) in [5, 5.41) is 16.7. The van der Waals surface area contributed by atoms with Crippen molar-refractivity contribution in [3.8, 4) is 0 Å². The molecule has 8 heteroatoms. The average Bonchev–Trinajstić information content (AvgIpc) is 2.88. The number of amides is 2. The average molecular weight is 313 g/mol. The van der Waals surface area contributed by atoms with E-state index in [4.69, 9.17) is 9.84 Å². The molecule has 0 spiro atoms. The van der Waals surface area contributed by atoms with Gasteiger partial charge in [-0.1, -0.05) is 0 Å². The number of nitrogens with one attached hydrogen (secondary N) is 2. The van der Waals surface area contributed by atoms with Gasteiger partial charge in [0, 0.05) is 37.1 Å². The van der Waals surface area contributed by atoms with Gasteiger partial charge in [-0.05, 0) is 19.8 Å². The van der Waals surface area contributed by atoms with Gasteiger partial charge in [0.25, 0.3) is 0 Å². The molecule has 1 aromatic rings. The molecule has 0 aromatic carbocycles. The predicted molar refractivity (Wildman–Crippen MR) is 77.8 cm³/mol. The number of hydrogen-bond acceptors (Lipinski definition) is 5. The molecule has 21 heavy (non-hydrogen) atoms. The molecule has 1 fully saturated rings. The summed E-state index contributed by atoms with van der Waals surface area (Å²) in [5.74, 6) is -1.03. The lowest BCUT2D eigenvalue weighted by Crippen LogP contribution is -2.53. The summed E-state index contributed by atoms with van der Waals surface area (Å²) in [6.45, 7) is 3.75. The van der Waals surface area contributed by atoms with Crippen LogP contribution in [0.15, 0.2) is 5.38 Å². The largest absolute Gasteiger partial charge is 0.476 e. The summed E-state index contributed by atoms with van der Waals surface area (Å²) in [5.41, 5.74) is -0.172. The number of urea groups is 1. The second-order valence-electron chi connectivity index (χ2n) is 5.24. The standard InChI is InChI=1S/C13H19N3O4S/c1-13(3-6-20-7-4-13)16-12(19)14-5-2-10-15-9(8-21-10)11(17)18/h8H,2-7H2,1H3,(H,17,18)(H2,14,16,19). The molecule has 1 saturated heterocycles. The Morgan fingerprint density at radius 3 is 2.81 bits per heavy atom. The summed E-state index contributed by atoms with van der Waals surface area (Å²) in [7, 11) is 0. The lowest BCUT2D eigenvalue weighted by molar-refractivity contribution is 0.0492. The van der Waals surface area contributed by atoms with Crippen LogP contribution in [0.25, 0.3) is 0 Å². The Labute approximate surface area is 126 Å². The van der Waals surface area contributed by atoms with Gasteiger partial charge in [0.05, 0.1) is 5.01 Å². The van der Waals surface area contributed by atoms with Crippen molar-refractivity contribution >= 4 is 23.3 Å². The number of rotatable bonds is 5. The van der Waals surface area contributed by atoms with Crippen molar-refractivity contribution in [3.63, 3.8) is 0 Å². The topological polar surface area (TPSA) is 101 Å². The van der Waals surface area contributed by atoms with Gasteiger partial charge in [-0.15, -0.1) is 11.3 Å². The van der Waals surface area contributed by atoms with Crippen LogP contribution in [0.3, 0.4) is 0 Å². The molecule has 0 aliphatic carbocycles. The van der Waals surface area contributed by atoms with Gasteiger partial charge >= 0.3 is 12.0 Å². The molecule has 1 aliphatic rings. The molecule has 2 rings (SSSR count). The maximum Gasteiger partial charge on any atom is 0.355 e. The van der Waals surface area contributed by atoms with Crippen LogP contribution in [0.4, 0.5) is 4.79 Å². The van der Waals surface area contributed by atoms with Crippen LogP contribution in [0.5, 0.6) is 0 Å². The Balaban J connectivity index is 1.72. The number of thiazole rings is 1. The maximum absolute atomic E-state index is 11.8. The molecule has 7 nitrogen and oxygen atoms in total. The van der Waals surface area contributed by atoms with E-state index in [9.17, 15) is 9.59 Å². The second-order valence-corrected chi connectivity index (χ2v) is 6.18. The van der Waals surface area contributed by atoms with E-state index in [-0.39, 0.29) is 17.3 Å². The quantitative estimate of drug-likeness (QED) is 0.759. The van der Waals surface area contributed by atoms with Crippen LogP contribution < -0.4 is 10.6 Å². The van der Waals surface area contributed by atoms with Crippen molar-refractivity contribution < 1.29 is 19.4 Å². The Bertz CT molecular complexity index is 511. The summed E-state index contributed by atoms with van der Waals surface area (Å²) in [6.07, 6.45) is 2.12. The fraction of sp³-hybridized carbons (Fsp3) is 0.615. The SMILES string of the molecule is CC1(NC(=O)NCCc2nc(C(=O)O)cs2)CCOCC1. The lowest BCUT2D eigenvalue weighted by Gasteiger charge is -2.34.